The highest BCUT2D eigenvalue weighted by atomic mass is 16.3. The largest absolute Gasteiger partial charge is 0.444 e. The van der Waals surface area contributed by atoms with E-state index in [1.54, 1.807) is 6.26 Å². The van der Waals surface area contributed by atoms with Crippen LogP contribution in [0, 0.1) is 0 Å². The van der Waals surface area contributed by atoms with Crippen LogP contribution < -0.4 is 5.32 Å². The standard InChI is InChI=1S/C21H25N5O2/c1-2-26-14-18(12-23-26)16-8-10-25(11-9-16)21(27)22-13-19-15-28-20(24-19)17-6-4-3-5-7-17/h3-7,12,14-16H,2,8-11,13H2,1H3,(H,22,27). The summed E-state index contributed by atoms with van der Waals surface area (Å²) in [5.41, 5.74) is 2.92. The molecule has 1 N–H and O–H groups in total. The number of nitrogens with zero attached hydrogens (tertiary/aromatic N) is 4. The van der Waals surface area contributed by atoms with Gasteiger partial charge in [0.05, 0.1) is 18.4 Å². The number of hydrogen-bond donors (Lipinski definition) is 1. The molecule has 0 atom stereocenters. The van der Waals surface area contributed by atoms with Crippen molar-refractivity contribution in [1.82, 2.24) is 25.0 Å². The summed E-state index contributed by atoms with van der Waals surface area (Å²) in [7, 11) is 0. The SMILES string of the molecule is CCn1cc(C2CCN(C(=O)NCc3coc(-c4ccccc4)n3)CC2)cn1. The number of amides is 2. The number of urea groups is 1. The Kier molecular flexibility index (Phi) is 5.41. The lowest BCUT2D eigenvalue weighted by Gasteiger charge is -2.31. The maximum Gasteiger partial charge on any atom is 0.317 e. The molecule has 0 bridgehead atoms. The van der Waals surface area contributed by atoms with Crippen molar-refractivity contribution in [2.75, 3.05) is 13.1 Å². The zero-order chi connectivity index (χ0) is 19.3. The average Bonchev–Trinajstić information content (AvgIpc) is 3.42. The molecule has 7 nitrogen and oxygen atoms in total. The maximum absolute atomic E-state index is 12.5. The van der Waals surface area contributed by atoms with Gasteiger partial charge in [-0.3, -0.25) is 4.68 Å². The summed E-state index contributed by atoms with van der Waals surface area (Å²) in [5, 5.41) is 7.31. The van der Waals surface area contributed by atoms with Crippen LogP contribution in [0.1, 0.15) is 36.9 Å². The second-order valence-corrected chi connectivity index (χ2v) is 7.06. The fraction of sp³-hybridized carbons (Fsp3) is 0.381. The molecule has 2 amide bonds. The lowest BCUT2D eigenvalue weighted by molar-refractivity contribution is 0.181. The molecule has 0 radical (unpaired) electrons. The van der Waals surface area contributed by atoms with Gasteiger partial charge in [-0.1, -0.05) is 18.2 Å². The van der Waals surface area contributed by atoms with Crippen LogP contribution in [0.2, 0.25) is 0 Å². The zero-order valence-corrected chi connectivity index (χ0v) is 16.0. The molecule has 1 aromatic carbocycles. The zero-order valence-electron chi connectivity index (χ0n) is 16.0. The number of aryl methyl sites for hydroxylation is 1. The highest BCUT2D eigenvalue weighted by Gasteiger charge is 2.24. The van der Waals surface area contributed by atoms with Crippen LogP contribution in [0.3, 0.4) is 0 Å². The lowest BCUT2D eigenvalue weighted by atomic mass is 9.92. The first-order chi connectivity index (χ1) is 13.7. The van der Waals surface area contributed by atoms with E-state index in [1.165, 1.54) is 5.56 Å². The smallest absolute Gasteiger partial charge is 0.317 e. The molecule has 0 spiro atoms. The summed E-state index contributed by atoms with van der Waals surface area (Å²) >= 11 is 0. The highest BCUT2D eigenvalue weighted by molar-refractivity contribution is 5.74. The number of piperidine rings is 1. The van der Waals surface area contributed by atoms with Gasteiger partial charge in [0.25, 0.3) is 0 Å². The van der Waals surface area contributed by atoms with E-state index in [4.69, 9.17) is 4.42 Å². The van der Waals surface area contributed by atoms with Crippen molar-refractivity contribution in [2.45, 2.75) is 38.8 Å². The summed E-state index contributed by atoms with van der Waals surface area (Å²) < 4.78 is 7.47. The third kappa shape index (κ3) is 4.08. The number of carbonyl (C=O) groups excluding carboxylic acids is 1. The molecule has 0 saturated carbocycles. The van der Waals surface area contributed by atoms with Crippen LogP contribution in [-0.4, -0.2) is 38.8 Å². The Hall–Kier alpha value is -3.09. The van der Waals surface area contributed by atoms with Crippen LogP contribution in [0.25, 0.3) is 11.5 Å². The molecule has 1 aliphatic heterocycles. The minimum Gasteiger partial charge on any atom is -0.444 e. The molecule has 4 rings (SSSR count). The van der Waals surface area contributed by atoms with Crippen molar-refractivity contribution in [3.05, 3.63) is 60.2 Å². The van der Waals surface area contributed by atoms with Gasteiger partial charge in [-0.25, -0.2) is 9.78 Å². The van der Waals surface area contributed by atoms with Crippen LogP contribution in [0.4, 0.5) is 4.79 Å². The third-order valence-corrected chi connectivity index (χ3v) is 5.22. The Morgan fingerprint density at radius 3 is 2.75 bits per heavy atom. The van der Waals surface area contributed by atoms with Gasteiger partial charge in [-0.15, -0.1) is 0 Å². The molecule has 1 fully saturated rings. The highest BCUT2D eigenvalue weighted by Crippen LogP contribution is 2.27. The second kappa shape index (κ2) is 8.29. The van der Waals surface area contributed by atoms with Crippen molar-refractivity contribution < 1.29 is 9.21 Å². The molecular weight excluding hydrogens is 354 g/mol. The van der Waals surface area contributed by atoms with Crippen LogP contribution in [0.15, 0.2) is 53.4 Å². The molecule has 2 aromatic heterocycles. The molecule has 0 unspecified atom stereocenters. The van der Waals surface area contributed by atoms with E-state index in [0.29, 0.717) is 24.0 Å². The molecule has 3 heterocycles. The van der Waals surface area contributed by atoms with Crippen LogP contribution in [-0.2, 0) is 13.1 Å². The predicted octanol–water partition coefficient (Wildman–Crippen LogP) is 3.65. The normalized spacial score (nSPS) is 15.0. The van der Waals surface area contributed by atoms with E-state index in [-0.39, 0.29) is 6.03 Å². The Morgan fingerprint density at radius 2 is 2.04 bits per heavy atom. The van der Waals surface area contributed by atoms with E-state index in [2.05, 4.69) is 28.5 Å². The Labute approximate surface area is 164 Å². The van der Waals surface area contributed by atoms with Gasteiger partial charge in [-0.05, 0) is 43.4 Å². The van der Waals surface area contributed by atoms with Gasteiger partial charge in [-0.2, -0.15) is 5.10 Å². The van der Waals surface area contributed by atoms with E-state index < -0.39 is 0 Å². The Morgan fingerprint density at radius 1 is 1.25 bits per heavy atom. The summed E-state index contributed by atoms with van der Waals surface area (Å²) in [6, 6.07) is 9.68. The fourth-order valence-corrected chi connectivity index (χ4v) is 3.56. The molecule has 1 aliphatic rings. The summed E-state index contributed by atoms with van der Waals surface area (Å²) in [5.74, 6) is 1.05. The Balaban J connectivity index is 1.26. The molecule has 7 heteroatoms. The van der Waals surface area contributed by atoms with Gasteiger partial charge >= 0.3 is 6.03 Å². The van der Waals surface area contributed by atoms with Gasteiger partial charge in [0.1, 0.15) is 6.26 Å². The molecular formula is C21H25N5O2. The third-order valence-electron chi connectivity index (χ3n) is 5.22. The number of nitrogens with one attached hydrogen (secondary N) is 1. The molecule has 1 saturated heterocycles. The minimum absolute atomic E-state index is 0.0491. The number of benzene rings is 1. The first-order valence-electron chi connectivity index (χ1n) is 9.78. The molecule has 3 aromatic rings. The van der Waals surface area contributed by atoms with E-state index in [0.717, 1.165) is 38.0 Å². The summed E-state index contributed by atoms with van der Waals surface area (Å²) in [4.78, 5) is 18.8. The number of likely N-dealkylation sites (tertiary alicyclic amines) is 1. The Bertz CT molecular complexity index is 910. The molecule has 28 heavy (non-hydrogen) atoms. The van der Waals surface area contributed by atoms with E-state index in [1.807, 2.05) is 46.1 Å². The number of aromatic nitrogens is 3. The van der Waals surface area contributed by atoms with Gasteiger partial charge in [0, 0.05) is 31.4 Å². The quantitative estimate of drug-likeness (QED) is 0.734. The van der Waals surface area contributed by atoms with Crippen molar-refractivity contribution in [3.63, 3.8) is 0 Å². The van der Waals surface area contributed by atoms with Crippen LogP contribution >= 0.6 is 0 Å². The van der Waals surface area contributed by atoms with Crippen molar-refractivity contribution in [3.8, 4) is 11.5 Å². The number of oxazole rings is 1. The lowest BCUT2D eigenvalue weighted by Crippen LogP contribution is -2.43. The topological polar surface area (TPSA) is 76.2 Å². The van der Waals surface area contributed by atoms with Gasteiger partial charge in [0.15, 0.2) is 0 Å². The maximum atomic E-state index is 12.5. The summed E-state index contributed by atoms with van der Waals surface area (Å²) in [6.45, 7) is 4.83. The minimum atomic E-state index is -0.0491. The van der Waals surface area contributed by atoms with Crippen molar-refractivity contribution >= 4 is 6.03 Å². The number of carbonyl (C=O) groups is 1. The van der Waals surface area contributed by atoms with Gasteiger partial charge < -0.3 is 14.6 Å². The predicted molar refractivity (Wildman–Crippen MR) is 106 cm³/mol. The first-order valence-corrected chi connectivity index (χ1v) is 9.78. The first kappa shape index (κ1) is 18.3. The number of hydrogen-bond acceptors (Lipinski definition) is 4. The number of rotatable bonds is 5. The van der Waals surface area contributed by atoms with Gasteiger partial charge in [0.2, 0.25) is 5.89 Å². The van der Waals surface area contributed by atoms with Crippen molar-refractivity contribution in [2.24, 2.45) is 0 Å². The molecule has 0 aliphatic carbocycles. The van der Waals surface area contributed by atoms with Crippen LogP contribution in [0.5, 0.6) is 0 Å². The van der Waals surface area contributed by atoms with E-state index >= 15 is 0 Å². The van der Waals surface area contributed by atoms with E-state index in [9.17, 15) is 4.79 Å². The average molecular weight is 379 g/mol. The molecule has 146 valence electrons. The second-order valence-electron chi connectivity index (χ2n) is 7.06. The van der Waals surface area contributed by atoms with Crippen molar-refractivity contribution in [1.29, 1.82) is 0 Å². The monoisotopic (exact) mass is 379 g/mol. The fourth-order valence-electron chi connectivity index (χ4n) is 3.56. The summed E-state index contributed by atoms with van der Waals surface area (Å²) in [6.07, 6.45) is 7.60.